The largest absolute Gasteiger partial charge is 0.465 e. The average Bonchev–Trinajstić information content (AvgIpc) is 2.54. The van der Waals surface area contributed by atoms with Gasteiger partial charge >= 0.3 is 12.3 Å². The van der Waals surface area contributed by atoms with Crippen molar-refractivity contribution in [2.45, 2.75) is 38.0 Å². The minimum Gasteiger partial charge on any atom is -0.465 e. The van der Waals surface area contributed by atoms with E-state index < -0.39 is 35.2 Å². The van der Waals surface area contributed by atoms with Gasteiger partial charge in [0.05, 0.1) is 23.9 Å². The fourth-order valence-corrected chi connectivity index (χ4v) is 3.24. The van der Waals surface area contributed by atoms with Gasteiger partial charge in [0.15, 0.2) is 0 Å². The Kier molecular flexibility index (Phi) is 5.76. The zero-order valence-electron chi connectivity index (χ0n) is 14.4. The first kappa shape index (κ1) is 20.4. The summed E-state index contributed by atoms with van der Waals surface area (Å²) in [4.78, 5) is 17.7. The number of carbonyl (C=O) groups is 1. The number of halogens is 4. The van der Waals surface area contributed by atoms with Gasteiger partial charge in [-0.15, -0.1) is 0 Å². The molecule has 0 aliphatic carbocycles. The third-order valence-corrected chi connectivity index (χ3v) is 4.59. The Hall–Kier alpha value is -1.94. The van der Waals surface area contributed by atoms with Crippen molar-refractivity contribution >= 4 is 6.09 Å². The number of piperazine rings is 1. The van der Waals surface area contributed by atoms with Crippen LogP contribution < -0.4 is 0 Å². The highest BCUT2D eigenvalue weighted by Gasteiger charge is 2.39. The number of aromatic nitrogens is 1. The van der Waals surface area contributed by atoms with Crippen molar-refractivity contribution < 1.29 is 32.6 Å². The fourth-order valence-electron chi connectivity index (χ4n) is 3.24. The minimum absolute atomic E-state index is 0.0144. The smallest absolute Gasteiger partial charge is 0.417 e. The number of aliphatic hydroxyl groups excluding tert-OH is 1. The van der Waals surface area contributed by atoms with Crippen molar-refractivity contribution in [1.29, 1.82) is 0 Å². The summed E-state index contributed by atoms with van der Waals surface area (Å²) >= 11 is 0. The lowest BCUT2D eigenvalue weighted by Gasteiger charge is -2.48. The molecule has 0 spiro atoms. The SMILES string of the molecule is CC(C)(Cc1ncc(C(F)(F)F)cc1F)N1CCN(C(=O)O)C[C@@H]1CO. The summed E-state index contributed by atoms with van der Waals surface area (Å²) in [7, 11) is 0. The third-order valence-electron chi connectivity index (χ3n) is 4.59. The molecule has 1 fully saturated rings. The number of nitrogens with zero attached hydrogens (tertiary/aromatic N) is 3. The van der Waals surface area contributed by atoms with Crippen LogP contribution in [0.25, 0.3) is 0 Å². The number of carboxylic acid groups (broad SMARTS) is 1. The Morgan fingerprint density at radius 2 is 2.00 bits per heavy atom. The zero-order valence-corrected chi connectivity index (χ0v) is 14.4. The molecule has 1 aromatic heterocycles. The summed E-state index contributed by atoms with van der Waals surface area (Å²) < 4.78 is 52.0. The molecule has 1 saturated heterocycles. The maximum atomic E-state index is 14.1. The van der Waals surface area contributed by atoms with Crippen LogP contribution in [0.15, 0.2) is 12.3 Å². The molecule has 2 heterocycles. The Labute approximate surface area is 148 Å². The van der Waals surface area contributed by atoms with Crippen LogP contribution in [-0.2, 0) is 12.6 Å². The van der Waals surface area contributed by atoms with Gasteiger partial charge in [-0.05, 0) is 19.9 Å². The summed E-state index contributed by atoms with van der Waals surface area (Å²) in [5.41, 5.74) is -2.01. The van der Waals surface area contributed by atoms with E-state index in [1.807, 2.05) is 4.90 Å². The van der Waals surface area contributed by atoms with Gasteiger partial charge in [0, 0.05) is 37.8 Å². The van der Waals surface area contributed by atoms with E-state index in [1.165, 1.54) is 4.90 Å². The number of amides is 1. The first-order valence-electron chi connectivity index (χ1n) is 8.03. The third kappa shape index (κ3) is 4.42. The lowest BCUT2D eigenvalue weighted by atomic mass is 9.92. The van der Waals surface area contributed by atoms with Crippen LogP contribution in [0.5, 0.6) is 0 Å². The van der Waals surface area contributed by atoms with Crippen LogP contribution in [0.1, 0.15) is 25.1 Å². The molecule has 1 aromatic rings. The maximum absolute atomic E-state index is 14.1. The van der Waals surface area contributed by atoms with E-state index in [1.54, 1.807) is 13.8 Å². The first-order valence-corrected chi connectivity index (χ1v) is 8.03. The van der Waals surface area contributed by atoms with Gasteiger partial charge in [-0.1, -0.05) is 0 Å². The highest BCUT2D eigenvalue weighted by molar-refractivity contribution is 5.65. The average molecular weight is 379 g/mol. The lowest BCUT2D eigenvalue weighted by molar-refractivity contribution is -0.138. The molecule has 0 saturated carbocycles. The van der Waals surface area contributed by atoms with Crippen molar-refractivity contribution in [3.8, 4) is 0 Å². The van der Waals surface area contributed by atoms with E-state index in [0.717, 1.165) is 0 Å². The number of hydrogen-bond acceptors (Lipinski definition) is 4. The number of aliphatic hydroxyl groups is 1. The van der Waals surface area contributed by atoms with Gasteiger partial charge in [-0.2, -0.15) is 13.2 Å². The van der Waals surface area contributed by atoms with E-state index in [-0.39, 0.29) is 31.8 Å². The van der Waals surface area contributed by atoms with E-state index in [2.05, 4.69) is 4.98 Å². The van der Waals surface area contributed by atoms with E-state index >= 15 is 0 Å². The number of pyridine rings is 1. The highest BCUT2D eigenvalue weighted by atomic mass is 19.4. The molecule has 2 rings (SSSR count). The van der Waals surface area contributed by atoms with Gasteiger partial charge in [0.1, 0.15) is 5.82 Å². The molecule has 0 radical (unpaired) electrons. The lowest BCUT2D eigenvalue weighted by Crippen LogP contribution is -2.62. The predicted molar refractivity (Wildman–Crippen MR) is 84.2 cm³/mol. The van der Waals surface area contributed by atoms with Crippen LogP contribution in [-0.4, -0.2) is 68.9 Å². The van der Waals surface area contributed by atoms with Gasteiger partial charge in [-0.3, -0.25) is 9.88 Å². The van der Waals surface area contributed by atoms with Crippen molar-refractivity contribution in [3.05, 3.63) is 29.3 Å². The summed E-state index contributed by atoms with van der Waals surface area (Å²) in [6.07, 6.45) is -5.14. The Bertz CT molecular complexity index is 667. The second kappa shape index (κ2) is 7.36. The van der Waals surface area contributed by atoms with Gasteiger partial charge < -0.3 is 15.1 Å². The molecule has 6 nitrogen and oxygen atoms in total. The Morgan fingerprint density at radius 3 is 2.50 bits per heavy atom. The van der Waals surface area contributed by atoms with Gasteiger partial charge in [-0.25, -0.2) is 9.18 Å². The molecule has 0 aromatic carbocycles. The van der Waals surface area contributed by atoms with Crippen molar-refractivity contribution in [3.63, 3.8) is 0 Å². The molecule has 0 unspecified atom stereocenters. The first-order chi connectivity index (χ1) is 12.0. The molecule has 10 heteroatoms. The second-order valence-electron chi connectivity index (χ2n) is 6.90. The van der Waals surface area contributed by atoms with E-state index in [0.29, 0.717) is 18.8 Å². The van der Waals surface area contributed by atoms with Crippen LogP contribution in [0.3, 0.4) is 0 Å². The Balaban J connectivity index is 2.18. The zero-order chi connectivity index (χ0) is 19.7. The molecular formula is C16H21F4N3O3. The monoisotopic (exact) mass is 379 g/mol. The van der Waals surface area contributed by atoms with Crippen LogP contribution in [0, 0.1) is 5.82 Å². The number of rotatable bonds is 4. The molecule has 0 bridgehead atoms. The molecular weight excluding hydrogens is 358 g/mol. The molecule has 1 amide bonds. The molecule has 1 aliphatic rings. The van der Waals surface area contributed by atoms with E-state index in [4.69, 9.17) is 5.11 Å². The molecule has 1 atom stereocenters. The standard InChI is InChI=1S/C16H21F4N3O3/c1-15(2,23-4-3-22(14(25)26)8-11(23)9-24)6-13-12(17)5-10(7-21-13)16(18,19)20/h5,7,11,24H,3-4,6,8-9H2,1-2H3,(H,25,26)/t11-/m1/s1. The van der Waals surface area contributed by atoms with Crippen molar-refractivity contribution in [2.75, 3.05) is 26.2 Å². The van der Waals surface area contributed by atoms with Crippen molar-refractivity contribution in [2.24, 2.45) is 0 Å². The molecule has 2 N–H and O–H groups in total. The van der Waals surface area contributed by atoms with E-state index in [9.17, 15) is 27.5 Å². The topological polar surface area (TPSA) is 76.9 Å². The summed E-state index contributed by atoms with van der Waals surface area (Å²) in [5.74, 6) is -1.04. The normalized spacial score (nSPS) is 19.7. The van der Waals surface area contributed by atoms with Gasteiger partial charge in [0.25, 0.3) is 0 Å². The summed E-state index contributed by atoms with van der Waals surface area (Å²) in [6.45, 7) is 3.84. The Morgan fingerprint density at radius 1 is 1.35 bits per heavy atom. The maximum Gasteiger partial charge on any atom is 0.417 e. The summed E-state index contributed by atoms with van der Waals surface area (Å²) in [5, 5.41) is 18.7. The predicted octanol–water partition coefficient (Wildman–Crippen LogP) is 2.22. The fraction of sp³-hybridized carbons (Fsp3) is 0.625. The van der Waals surface area contributed by atoms with Crippen LogP contribution >= 0.6 is 0 Å². The second-order valence-corrected chi connectivity index (χ2v) is 6.90. The quantitative estimate of drug-likeness (QED) is 0.785. The molecule has 1 aliphatic heterocycles. The van der Waals surface area contributed by atoms with Gasteiger partial charge in [0.2, 0.25) is 0 Å². The molecule has 146 valence electrons. The highest BCUT2D eigenvalue weighted by Crippen LogP contribution is 2.31. The van der Waals surface area contributed by atoms with Crippen LogP contribution in [0.2, 0.25) is 0 Å². The van der Waals surface area contributed by atoms with Crippen LogP contribution in [0.4, 0.5) is 22.4 Å². The van der Waals surface area contributed by atoms with Crippen molar-refractivity contribution in [1.82, 2.24) is 14.8 Å². The minimum atomic E-state index is -4.67. The molecule has 26 heavy (non-hydrogen) atoms. The number of alkyl halides is 3. The summed E-state index contributed by atoms with van der Waals surface area (Å²) in [6, 6.07) is -0.0722. The number of hydrogen-bond donors (Lipinski definition) is 2.